The molecule has 1 heterocycles. The van der Waals surface area contributed by atoms with Gasteiger partial charge in [-0.3, -0.25) is 9.69 Å². The average molecular weight is 466 g/mol. The maximum absolute atomic E-state index is 12.7. The molecule has 3 aliphatic rings. The monoisotopic (exact) mass is 464 g/mol. The molecule has 4 unspecified atom stereocenters. The fourth-order valence-electron chi connectivity index (χ4n) is 5.17. The van der Waals surface area contributed by atoms with Crippen molar-refractivity contribution in [1.82, 2.24) is 9.80 Å². The van der Waals surface area contributed by atoms with E-state index >= 15 is 0 Å². The first-order chi connectivity index (χ1) is 12.6. The zero-order valence-electron chi connectivity index (χ0n) is 17.1. The third kappa shape index (κ3) is 5.99. The van der Waals surface area contributed by atoms with Gasteiger partial charge in [-0.1, -0.05) is 19.1 Å². The second-order valence-electron chi connectivity index (χ2n) is 8.33. The van der Waals surface area contributed by atoms with Crippen molar-refractivity contribution in [2.45, 2.75) is 38.8 Å². The number of carbonyl (C=O) groups excluding carboxylic acids is 1. The number of nitrogens with zero attached hydrogens (tertiary/aromatic N) is 2. The normalized spacial score (nSPS) is 28.8. The number of nitrogens with two attached hydrogens (primary N) is 1. The summed E-state index contributed by atoms with van der Waals surface area (Å²) in [6, 6.07) is 8.41. The lowest BCUT2D eigenvalue weighted by Gasteiger charge is -2.34. The summed E-state index contributed by atoms with van der Waals surface area (Å²) in [5, 5.41) is 3.10. The first-order valence-corrected chi connectivity index (χ1v) is 10.2. The molecular formula is C21H35Cl3N4O. The zero-order valence-corrected chi connectivity index (χ0v) is 19.5. The molecule has 0 aromatic heterocycles. The largest absolute Gasteiger partial charge is 0.327 e. The van der Waals surface area contributed by atoms with Crippen LogP contribution >= 0.6 is 37.2 Å². The van der Waals surface area contributed by atoms with E-state index in [0.29, 0.717) is 11.8 Å². The molecule has 3 fully saturated rings. The number of amides is 1. The minimum absolute atomic E-state index is 0. The molecule has 1 aromatic carbocycles. The molecule has 1 amide bonds. The number of nitrogens with one attached hydrogen (secondary N) is 1. The smallest absolute Gasteiger partial charge is 0.229 e. The lowest BCUT2D eigenvalue weighted by Crippen LogP contribution is -2.45. The van der Waals surface area contributed by atoms with E-state index in [0.717, 1.165) is 51.4 Å². The van der Waals surface area contributed by atoms with Gasteiger partial charge in [-0.25, -0.2) is 0 Å². The summed E-state index contributed by atoms with van der Waals surface area (Å²) in [4.78, 5) is 17.7. The van der Waals surface area contributed by atoms with Crippen molar-refractivity contribution in [2.75, 3.05) is 38.0 Å². The summed E-state index contributed by atoms with van der Waals surface area (Å²) in [7, 11) is 0. The number of fused-ring (bicyclic) bond motifs is 2. The van der Waals surface area contributed by atoms with E-state index in [4.69, 9.17) is 5.73 Å². The molecule has 3 N–H and O–H groups in total. The van der Waals surface area contributed by atoms with Crippen LogP contribution in [-0.2, 0) is 11.3 Å². The molecule has 8 heteroatoms. The number of hydrogen-bond donors (Lipinski definition) is 2. The van der Waals surface area contributed by atoms with Crippen LogP contribution in [0.2, 0.25) is 0 Å². The van der Waals surface area contributed by atoms with Crippen molar-refractivity contribution in [3.63, 3.8) is 0 Å². The highest BCUT2D eigenvalue weighted by Crippen LogP contribution is 2.47. The molecule has 166 valence electrons. The molecular weight excluding hydrogens is 431 g/mol. The van der Waals surface area contributed by atoms with Gasteiger partial charge >= 0.3 is 0 Å². The van der Waals surface area contributed by atoms with E-state index < -0.39 is 0 Å². The predicted molar refractivity (Wildman–Crippen MR) is 127 cm³/mol. The van der Waals surface area contributed by atoms with Gasteiger partial charge in [0, 0.05) is 44.5 Å². The molecule has 4 rings (SSSR count). The molecule has 0 radical (unpaired) electrons. The van der Waals surface area contributed by atoms with E-state index in [1.165, 1.54) is 18.4 Å². The van der Waals surface area contributed by atoms with Gasteiger partial charge < -0.3 is 16.0 Å². The molecule has 4 atom stereocenters. The summed E-state index contributed by atoms with van der Waals surface area (Å²) in [6.45, 7) is 8.95. The Morgan fingerprint density at radius 2 is 1.59 bits per heavy atom. The fraction of sp³-hybridized carbons (Fsp3) is 0.667. The minimum atomic E-state index is 0. The lowest BCUT2D eigenvalue weighted by atomic mass is 9.84. The van der Waals surface area contributed by atoms with Crippen molar-refractivity contribution >= 4 is 48.8 Å². The molecule has 2 saturated carbocycles. The van der Waals surface area contributed by atoms with Crippen molar-refractivity contribution in [1.29, 1.82) is 0 Å². The van der Waals surface area contributed by atoms with E-state index in [9.17, 15) is 4.79 Å². The Kier molecular flexibility index (Phi) is 10.7. The highest BCUT2D eigenvalue weighted by molar-refractivity contribution is 5.93. The number of benzene rings is 1. The third-order valence-electron chi connectivity index (χ3n) is 6.82. The molecule has 2 aliphatic carbocycles. The van der Waals surface area contributed by atoms with E-state index in [-0.39, 0.29) is 55.1 Å². The number of halogens is 3. The Labute approximate surface area is 193 Å². The van der Waals surface area contributed by atoms with Gasteiger partial charge in [0.2, 0.25) is 5.91 Å². The van der Waals surface area contributed by atoms with Crippen LogP contribution in [0.5, 0.6) is 0 Å². The number of hydrogen-bond acceptors (Lipinski definition) is 4. The highest BCUT2D eigenvalue weighted by atomic mass is 35.5. The SMILES string of the molecule is CCN1CCN(Cc2ccc(NC(=O)C3C4CCC(C4)C3N)cc2)CC1.Cl.Cl.Cl. The maximum atomic E-state index is 12.7. The summed E-state index contributed by atoms with van der Waals surface area (Å²) >= 11 is 0. The second kappa shape index (κ2) is 11.7. The molecule has 5 nitrogen and oxygen atoms in total. The van der Waals surface area contributed by atoms with Crippen LogP contribution in [0, 0.1) is 17.8 Å². The van der Waals surface area contributed by atoms with E-state index in [1.807, 2.05) is 12.1 Å². The second-order valence-corrected chi connectivity index (χ2v) is 8.33. The van der Waals surface area contributed by atoms with Crippen molar-refractivity contribution in [3.8, 4) is 0 Å². The number of carbonyl (C=O) groups is 1. The maximum Gasteiger partial charge on any atom is 0.229 e. The first kappa shape index (κ1) is 26.5. The highest BCUT2D eigenvalue weighted by Gasteiger charge is 2.49. The zero-order chi connectivity index (χ0) is 18.1. The quantitative estimate of drug-likeness (QED) is 0.699. The molecule has 0 spiro atoms. The van der Waals surface area contributed by atoms with Crippen LogP contribution in [0.25, 0.3) is 0 Å². The van der Waals surface area contributed by atoms with Gasteiger partial charge in [0.25, 0.3) is 0 Å². The van der Waals surface area contributed by atoms with Crippen molar-refractivity contribution in [3.05, 3.63) is 29.8 Å². The topological polar surface area (TPSA) is 61.6 Å². The summed E-state index contributed by atoms with van der Waals surface area (Å²) in [5.74, 6) is 1.18. The van der Waals surface area contributed by atoms with Crippen LogP contribution in [0.15, 0.2) is 24.3 Å². The number of likely N-dealkylation sites (N-methyl/N-ethyl adjacent to an activating group) is 1. The summed E-state index contributed by atoms with van der Waals surface area (Å²) in [5.41, 5.74) is 8.50. The van der Waals surface area contributed by atoms with Gasteiger partial charge in [-0.05, 0) is 55.3 Å². The van der Waals surface area contributed by atoms with Crippen LogP contribution in [0.4, 0.5) is 5.69 Å². The molecule has 1 saturated heterocycles. The van der Waals surface area contributed by atoms with E-state index in [1.54, 1.807) is 0 Å². The van der Waals surface area contributed by atoms with Gasteiger partial charge in [0.15, 0.2) is 0 Å². The van der Waals surface area contributed by atoms with Crippen LogP contribution < -0.4 is 11.1 Å². The van der Waals surface area contributed by atoms with Gasteiger partial charge in [0.05, 0.1) is 5.92 Å². The minimum Gasteiger partial charge on any atom is -0.327 e. The van der Waals surface area contributed by atoms with Crippen molar-refractivity contribution < 1.29 is 4.79 Å². The molecule has 29 heavy (non-hydrogen) atoms. The van der Waals surface area contributed by atoms with Gasteiger partial charge in [-0.15, -0.1) is 37.2 Å². The number of piperazine rings is 1. The Balaban J connectivity index is 0.00000140. The number of rotatable bonds is 5. The summed E-state index contributed by atoms with van der Waals surface area (Å²) in [6.07, 6.45) is 3.51. The predicted octanol–water partition coefficient (Wildman–Crippen LogP) is 3.40. The Bertz CT molecular complexity index is 635. The van der Waals surface area contributed by atoms with Crippen LogP contribution in [0.3, 0.4) is 0 Å². The van der Waals surface area contributed by atoms with Crippen LogP contribution in [0.1, 0.15) is 31.7 Å². The average Bonchev–Trinajstić information content (AvgIpc) is 3.25. The fourth-order valence-corrected chi connectivity index (χ4v) is 5.17. The third-order valence-corrected chi connectivity index (χ3v) is 6.82. The van der Waals surface area contributed by atoms with Crippen LogP contribution in [-0.4, -0.2) is 54.5 Å². The lowest BCUT2D eigenvalue weighted by molar-refractivity contribution is -0.121. The summed E-state index contributed by atoms with van der Waals surface area (Å²) < 4.78 is 0. The van der Waals surface area contributed by atoms with E-state index in [2.05, 4.69) is 34.2 Å². The Morgan fingerprint density at radius 1 is 1.00 bits per heavy atom. The molecule has 1 aliphatic heterocycles. The first-order valence-electron chi connectivity index (χ1n) is 10.2. The van der Waals surface area contributed by atoms with Gasteiger partial charge in [0.1, 0.15) is 0 Å². The van der Waals surface area contributed by atoms with Gasteiger partial charge in [-0.2, -0.15) is 0 Å². The Hall–Kier alpha value is -0.560. The standard InChI is InChI=1S/C21H32N4O.3ClH/c1-2-24-9-11-25(12-10-24)14-15-3-7-18(8-4-15)23-21(26)19-16-5-6-17(13-16)20(19)22;;;/h3-4,7-8,16-17,19-20H,2,5-6,9-14,22H2,1H3,(H,23,26);3*1H. The number of anilines is 1. The molecule has 1 aromatic rings. The van der Waals surface area contributed by atoms with Crippen molar-refractivity contribution in [2.24, 2.45) is 23.5 Å². The molecule has 2 bridgehead atoms. The Morgan fingerprint density at radius 3 is 2.14 bits per heavy atom.